The normalized spacial score (nSPS) is 17.4. The average Bonchev–Trinajstić information content (AvgIpc) is 2.78. The van der Waals surface area contributed by atoms with Crippen LogP contribution in [0.15, 0.2) is 24.4 Å². The number of imidazole rings is 1. The van der Waals surface area contributed by atoms with Crippen LogP contribution in [-0.2, 0) is 0 Å². The second-order valence-corrected chi connectivity index (χ2v) is 4.76. The molecule has 0 amide bonds. The van der Waals surface area contributed by atoms with Gasteiger partial charge in [0.2, 0.25) is 0 Å². The molecule has 3 rings (SSSR count). The first-order chi connectivity index (χ1) is 8.40. The minimum Gasteiger partial charge on any atom is -0.297 e. The average molecular weight is 228 g/mol. The molecular weight excluding hydrogens is 212 g/mol. The fourth-order valence-electron chi connectivity index (χ4n) is 2.83. The Bertz CT molecular complexity index is 538. The summed E-state index contributed by atoms with van der Waals surface area (Å²) in [6.45, 7) is 0. The van der Waals surface area contributed by atoms with Crippen molar-refractivity contribution in [1.29, 1.82) is 0 Å². The monoisotopic (exact) mass is 228 g/mol. The van der Waals surface area contributed by atoms with Crippen LogP contribution in [0, 0.1) is 0 Å². The number of hydrogen-bond donors (Lipinski definition) is 0. The number of aromatic nitrogens is 2. The third kappa shape index (κ3) is 1.75. The zero-order chi connectivity index (χ0) is 11.7. The van der Waals surface area contributed by atoms with Gasteiger partial charge in [0.05, 0.1) is 5.69 Å². The lowest BCUT2D eigenvalue weighted by atomic mass is 9.86. The van der Waals surface area contributed by atoms with Gasteiger partial charge in [-0.3, -0.25) is 9.20 Å². The SMILES string of the molecule is O=Cc1c(C2CCCCC2)nc2ccccn12. The van der Waals surface area contributed by atoms with Crippen molar-refractivity contribution in [2.45, 2.75) is 38.0 Å². The standard InChI is InChI=1S/C14H16N2O/c17-10-12-14(11-6-2-1-3-7-11)15-13-8-4-5-9-16(12)13/h4-5,8-11H,1-3,6-7H2. The molecule has 2 aromatic rings. The lowest BCUT2D eigenvalue weighted by Crippen LogP contribution is -2.07. The van der Waals surface area contributed by atoms with Crippen LogP contribution in [0.1, 0.15) is 54.2 Å². The number of fused-ring (bicyclic) bond motifs is 1. The summed E-state index contributed by atoms with van der Waals surface area (Å²) in [7, 11) is 0. The molecule has 0 saturated heterocycles. The van der Waals surface area contributed by atoms with E-state index in [-0.39, 0.29) is 0 Å². The molecule has 0 radical (unpaired) electrons. The first-order valence-electron chi connectivity index (χ1n) is 6.32. The molecule has 0 aromatic carbocycles. The highest BCUT2D eigenvalue weighted by Gasteiger charge is 2.22. The summed E-state index contributed by atoms with van der Waals surface area (Å²) in [6, 6.07) is 5.85. The van der Waals surface area contributed by atoms with Gasteiger partial charge in [-0.1, -0.05) is 25.3 Å². The molecular formula is C14H16N2O. The van der Waals surface area contributed by atoms with E-state index in [4.69, 9.17) is 0 Å². The highest BCUT2D eigenvalue weighted by molar-refractivity contribution is 5.76. The summed E-state index contributed by atoms with van der Waals surface area (Å²) in [6.07, 6.45) is 9.05. The summed E-state index contributed by atoms with van der Waals surface area (Å²) < 4.78 is 1.90. The molecule has 1 fully saturated rings. The molecule has 0 spiro atoms. The third-order valence-corrected chi connectivity index (χ3v) is 3.70. The molecule has 0 bridgehead atoms. The molecule has 1 aliphatic rings. The van der Waals surface area contributed by atoms with Gasteiger partial charge in [-0.15, -0.1) is 0 Å². The van der Waals surface area contributed by atoms with Gasteiger partial charge >= 0.3 is 0 Å². The maximum atomic E-state index is 11.3. The van der Waals surface area contributed by atoms with Crippen molar-refractivity contribution in [1.82, 2.24) is 9.38 Å². The minimum absolute atomic E-state index is 0.476. The Balaban J connectivity index is 2.11. The fourth-order valence-corrected chi connectivity index (χ4v) is 2.83. The van der Waals surface area contributed by atoms with Gasteiger partial charge in [0, 0.05) is 12.1 Å². The summed E-state index contributed by atoms with van der Waals surface area (Å²) >= 11 is 0. The largest absolute Gasteiger partial charge is 0.297 e. The first-order valence-corrected chi connectivity index (χ1v) is 6.32. The summed E-state index contributed by atoms with van der Waals surface area (Å²) in [5, 5.41) is 0. The summed E-state index contributed by atoms with van der Waals surface area (Å²) in [5.41, 5.74) is 2.63. The van der Waals surface area contributed by atoms with Crippen molar-refractivity contribution < 1.29 is 4.79 Å². The van der Waals surface area contributed by atoms with Gasteiger partial charge in [-0.25, -0.2) is 4.98 Å². The highest BCUT2D eigenvalue weighted by atomic mass is 16.1. The van der Waals surface area contributed by atoms with E-state index in [2.05, 4.69) is 4.98 Å². The first kappa shape index (κ1) is 10.5. The van der Waals surface area contributed by atoms with E-state index in [0.717, 1.165) is 23.3 Å². The van der Waals surface area contributed by atoms with Crippen molar-refractivity contribution in [2.24, 2.45) is 0 Å². The molecule has 0 N–H and O–H groups in total. The Kier molecular flexibility index (Phi) is 2.67. The molecule has 1 saturated carbocycles. The van der Waals surface area contributed by atoms with E-state index < -0.39 is 0 Å². The van der Waals surface area contributed by atoms with Crippen molar-refractivity contribution in [2.75, 3.05) is 0 Å². The molecule has 2 aromatic heterocycles. The number of pyridine rings is 1. The van der Waals surface area contributed by atoms with Gasteiger partial charge in [0.15, 0.2) is 6.29 Å². The molecule has 17 heavy (non-hydrogen) atoms. The Morgan fingerprint density at radius 3 is 2.82 bits per heavy atom. The summed E-state index contributed by atoms with van der Waals surface area (Å²) in [4.78, 5) is 15.9. The highest BCUT2D eigenvalue weighted by Crippen LogP contribution is 2.33. The number of hydrogen-bond acceptors (Lipinski definition) is 2. The zero-order valence-corrected chi connectivity index (χ0v) is 9.80. The maximum Gasteiger partial charge on any atom is 0.168 e. The van der Waals surface area contributed by atoms with Crippen LogP contribution in [0.25, 0.3) is 5.65 Å². The predicted molar refractivity (Wildman–Crippen MR) is 66.4 cm³/mol. The molecule has 1 aliphatic carbocycles. The zero-order valence-electron chi connectivity index (χ0n) is 9.80. The van der Waals surface area contributed by atoms with E-state index >= 15 is 0 Å². The number of carbonyl (C=O) groups excluding carboxylic acids is 1. The molecule has 88 valence electrons. The van der Waals surface area contributed by atoms with Gasteiger partial charge in [-0.2, -0.15) is 0 Å². The maximum absolute atomic E-state index is 11.3. The fraction of sp³-hybridized carbons (Fsp3) is 0.429. The molecule has 2 heterocycles. The van der Waals surface area contributed by atoms with Crippen LogP contribution in [0.4, 0.5) is 0 Å². The molecule has 3 heteroatoms. The van der Waals surface area contributed by atoms with Crippen molar-refractivity contribution in [3.05, 3.63) is 35.8 Å². The number of rotatable bonds is 2. The van der Waals surface area contributed by atoms with Gasteiger partial charge in [-0.05, 0) is 25.0 Å². The van der Waals surface area contributed by atoms with Crippen LogP contribution in [0.2, 0.25) is 0 Å². The van der Waals surface area contributed by atoms with Crippen LogP contribution >= 0.6 is 0 Å². The van der Waals surface area contributed by atoms with Gasteiger partial charge in [0.1, 0.15) is 11.3 Å². The predicted octanol–water partition coefficient (Wildman–Crippen LogP) is 3.19. The van der Waals surface area contributed by atoms with E-state index in [1.165, 1.54) is 32.1 Å². The number of aldehydes is 1. The quantitative estimate of drug-likeness (QED) is 0.740. The Morgan fingerprint density at radius 1 is 1.24 bits per heavy atom. The van der Waals surface area contributed by atoms with Crippen molar-refractivity contribution in [3.8, 4) is 0 Å². The van der Waals surface area contributed by atoms with Gasteiger partial charge < -0.3 is 0 Å². The topological polar surface area (TPSA) is 34.4 Å². The van der Waals surface area contributed by atoms with Crippen LogP contribution < -0.4 is 0 Å². The third-order valence-electron chi connectivity index (χ3n) is 3.70. The second-order valence-electron chi connectivity index (χ2n) is 4.76. The molecule has 0 unspecified atom stereocenters. The van der Waals surface area contributed by atoms with Crippen LogP contribution in [-0.4, -0.2) is 15.7 Å². The van der Waals surface area contributed by atoms with E-state index in [1.807, 2.05) is 28.8 Å². The van der Waals surface area contributed by atoms with E-state index in [0.29, 0.717) is 5.92 Å². The molecule has 0 aliphatic heterocycles. The smallest absolute Gasteiger partial charge is 0.168 e. The lowest BCUT2D eigenvalue weighted by molar-refractivity contribution is 0.111. The number of carbonyl (C=O) groups is 1. The Labute approximate surface area is 100 Å². The van der Waals surface area contributed by atoms with Crippen LogP contribution in [0.5, 0.6) is 0 Å². The van der Waals surface area contributed by atoms with E-state index in [9.17, 15) is 4.79 Å². The summed E-state index contributed by atoms with van der Waals surface area (Å²) in [5.74, 6) is 0.476. The second kappa shape index (κ2) is 4.32. The van der Waals surface area contributed by atoms with Crippen molar-refractivity contribution in [3.63, 3.8) is 0 Å². The van der Waals surface area contributed by atoms with Crippen LogP contribution in [0.3, 0.4) is 0 Å². The van der Waals surface area contributed by atoms with Gasteiger partial charge in [0.25, 0.3) is 0 Å². The minimum atomic E-state index is 0.476. The lowest BCUT2D eigenvalue weighted by Gasteiger charge is -2.20. The Hall–Kier alpha value is -1.64. The molecule has 3 nitrogen and oxygen atoms in total. The number of nitrogens with zero attached hydrogens (tertiary/aromatic N) is 2. The Morgan fingerprint density at radius 2 is 2.06 bits per heavy atom. The van der Waals surface area contributed by atoms with E-state index in [1.54, 1.807) is 0 Å². The van der Waals surface area contributed by atoms with Crippen molar-refractivity contribution >= 4 is 11.9 Å². The molecule has 0 atom stereocenters.